The van der Waals surface area contributed by atoms with Crippen molar-refractivity contribution in [3.63, 3.8) is 0 Å². The molecule has 0 unspecified atom stereocenters. The molecule has 28 heteroatoms. The third kappa shape index (κ3) is 26.4. The third-order valence-corrected chi connectivity index (χ3v) is 18.1. The highest BCUT2D eigenvalue weighted by Gasteiger charge is 2.45. The molecule has 0 radical (unpaired) electrons. The number of hydrogen-bond donors (Lipinski definition) is 6. The van der Waals surface area contributed by atoms with Gasteiger partial charge >= 0.3 is 0 Å². The number of nitrogens with one attached hydrogen (secondary N) is 5. The van der Waals surface area contributed by atoms with Crippen LogP contribution in [0.5, 0.6) is 0 Å². The van der Waals surface area contributed by atoms with Gasteiger partial charge < -0.3 is 66.0 Å². The zero-order valence-electron chi connectivity index (χ0n) is 56.7. The van der Waals surface area contributed by atoms with Gasteiger partial charge in [0.1, 0.15) is 47.3 Å². The van der Waals surface area contributed by atoms with Gasteiger partial charge in [0.05, 0.1) is 32.3 Å². The molecule has 26 nitrogen and oxygen atoms in total. The summed E-state index contributed by atoms with van der Waals surface area (Å²) >= 11 is 0. The van der Waals surface area contributed by atoms with E-state index >= 15 is 9.59 Å². The standard InChI is InChI=1S/C63H105N13O13S2/c1-18-20-26-42(9)56(82)55-57(83)69-44(19-2)59(85)72(13)38-53(81)70(11)37-51(80)68-45(27-21-23-30-64-48(77)28-25-32-90-91-52-29-22-24-31-65-52)60(86)71(12)36-50(79)66-35-49(78)67-43(10)58(84)73(14)46(33-39(3)4)61(87)74(15)47(34-40(5)6)62(88)75(16)54(41(7)8)63(89)76(55)17/h18,20,22,24,29,31,39-47,54-56,82H,19,21,23,25-28,30,32-38H2,1-17H3,(H,64,77)(H,66,79)(H,67,78)(H,68,80)(H,69,83)/t42-,43-,44+,45+,46+,47+,54+,55+,56-/m1/s1. The Kier molecular flexibility index (Phi) is 35.5. The van der Waals surface area contributed by atoms with E-state index in [1.54, 1.807) is 63.8 Å². The van der Waals surface area contributed by atoms with Gasteiger partial charge in [0.2, 0.25) is 70.9 Å². The van der Waals surface area contributed by atoms with Crippen molar-refractivity contribution in [2.24, 2.45) is 23.7 Å². The summed E-state index contributed by atoms with van der Waals surface area (Å²) in [4.78, 5) is 181. The third-order valence-electron chi connectivity index (χ3n) is 15.7. The van der Waals surface area contributed by atoms with Crippen LogP contribution in [-0.2, 0) is 57.5 Å². The van der Waals surface area contributed by atoms with Crippen LogP contribution in [0.3, 0.4) is 0 Å². The van der Waals surface area contributed by atoms with E-state index in [1.807, 2.05) is 45.9 Å². The second-order valence-corrected chi connectivity index (χ2v) is 27.2. The van der Waals surface area contributed by atoms with Crippen LogP contribution in [0.15, 0.2) is 41.6 Å². The molecule has 0 saturated carbocycles. The fraction of sp³-hybridized carbons (Fsp3) is 0.698. The van der Waals surface area contributed by atoms with Crippen molar-refractivity contribution in [1.29, 1.82) is 0 Å². The average molecular weight is 1320 g/mol. The molecule has 1 aliphatic heterocycles. The summed E-state index contributed by atoms with van der Waals surface area (Å²) in [6.45, 7) is 15.4. The number of pyridine rings is 1. The number of hydrogen-bond acceptors (Lipinski definition) is 16. The predicted molar refractivity (Wildman–Crippen MR) is 351 cm³/mol. The molecule has 6 N–H and O–H groups in total. The number of carbonyl (C=O) groups is 12. The Bertz CT molecular complexity index is 2630. The second kappa shape index (κ2) is 40.2. The molecule has 512 valence electrons. The number of unbranched alkanes of at least 4 members (excludes halogenated alkanes) is 1. The Morgan fingerprint density at radius 1 is 0.670 bits per heavy atom. The number of aliphatic hydroxyl groups excluding tert-OH is 1. The van der Waals surface area contributed by atoms with Gasteiger partial charge in [-0.15, -0.1) is 0 Å². The minimum atomic E-state index is -1.62. The van der Waals surface area contributed by atoms with Gasteiger partial charge in [-0.25, -0.2) is 4.98 Å². The first-order valence-corrected chi connectivity index (χ1v) is 33.7. The lowest BCUT2D eigenvalue weighted by Crippen LogP contribution is -2.63. The van der Waals surface area contributed by atoms with Crippen LogP contribution in [0, 0.1) is 23.7 Å². The molecule has 0 aromatic carbocycles. The van der Waals surface area contributed by atoms with Crippen LogP contribution in [0.1, 0.15) is 127 Å². The second-order valence-electron chi connectivity index (χ2n) is 24.8. The predicted octanol–water partition coefficient (Wildman–Crippen LogP) is 2.30. The zero-order valence-corrected chi connectivity index (χ0v) is 58.4. The molecule has 0 aliphatic carbocycles. The first-order valence-electron chi connectivity index (χ1n) is 31.4. The smallest absolute Gasteiger partial charge is 0.246 e. The lowest BCUT2D eigenvalue weighted by molar-refractivity contribution is -0.157. The number of carbonyl (C=O) groups excluding carboxylic acids is 12. The van der Waals surface area contributed by atoms with Crippen molar-refractivity contribution in [2.75, 3.05) is 87.8 Å². The molecule has 0 spiro atoms. The van der Waals surface area contributed by atoms with Crippen LogP contribution in [0.25, 0.3) is 0 Å². The van der Waals surface area contributed by atoms with Gasteiger partial charge in [-0.2, -0.15) is 0 Å². The van der Waals surface area contributed by atoms with Gasteiger partial charge in [0, 0.05) is 74.2 Å². The normalized spacial score (nSPS) is 23.1. The fourth-order valence-electron chi connectivity index (χ4n) is 10.4. The van der Waals surface area contributed by atoms with Crippen molar-refractivity contribution in [3.8, 4) is 0 Å². The molecule has 1 aromatic heterocycles. The minimum Gasteiger partial charge on any atom is -0.390 e. The highest BCUT2D eigenvalue weighted by atomic mass is 33.1. The fourth-order valence-corrected chi connectivity index (χ4v) is 12.3. The zero-order chi connectivity index (χ0) is 69.0. The molecule has 1 aromatic rings. The minimum absolute atomic E-state index is 0.00552. The highest BCUT2D eigenvalue weighted by Crippen LogP contribution is 2.30. The van der Waals surface area contributed by atoms with Crippen LogP contribution >= 0.6 is 21.6 Å². The van der Waals surface area contributed by atoms with E-state index in [-0.39, 0.29) is 50.0 Å². The number of likely N-dealkylation sites (N-methyl/N-ethyl adjacent to an activating group) is 7. The summed E-state index contributed by atoms with van der Waals surface area (Å²) in [7, 11) is 12.7. The van der Waals surface area contributed by atoms with Gasteiger partial charge in [-0.05, 0) is 112 Å². The maximum absolute atomic E-state index is 15.1. The topological polar surface area (TPSA) is 321 Å². The van der Waals surface area contributed by atoms with Crippen LogP contribution in [-0.4, -0.2) is 251 Å². The Balaban J connectivity index is 2.63. The van der Waals surface area contributed by atoms with E-state index in [4.69, 9.17) is 0 Å². The number of nitrogens with zero attached hydrogens (tertiary/aromatic N) is 8. The lowest BCUT2D eigenvalue weighted by Gasteiger charge is -2.41. The van der Waals surface area contributed by atoms with Crippen molar-refractivity contribution in [3.05, 3.63) is 36.5 Å². The summed E-state index contributed by atoms with van der Waals surface area (Å²) in [6, 6.07) is -3.29. The summed E-state index contributed by atoms with van der Waals surface area (Å²) in [5, 5.41) is 26.2. The molecule has 12 amide bonds. The molecule has 2 heterocycles. The number of rotatable bonds is 21. The number of allylic oxidation sites excluding steroid dienone is 2. The molecule has 1 fully saturated rings. The van der Waals surface area contributed by atoms with Crippen molar-refractivity contribution < 1.29 is 62.6 Å². The first kappa shape index (κ1) is 80.3. The van der Waals surface area contributed by atoms with E-state index < -0.39 is 151 Å². The van der Waals surface area contributed by atoms with Crippen LogP contribution in [0.4, 0.5) is 0 Å². The molecular weight excluding hydrogens is 1210 g/mol. The molecule has 9 atom stereocenters. The molecule has 2 rings (SSSR count). The largest absolute Gasteiger partial charge is 0.390 e. The Morgan fingerprint density at radius 3 is 1.81 bits per heavy atom. The van der Waals surface area contributed by atoms with Crippen molar-refractivity contribution in [2.45, 2.75) is 180 Å². The van der Waals surface area contributed by atoms with Gasteiger partial charge in [0.25, 0.3) is 0 Å². The summed E-state index contributed by atoms with van der Waals surface area (Å²) < 4.78 is 0. The molecular formula is C63H105N13O13S2. The summed E-state index contributed by atoms with van der Waals surface area (Å²) in [6.07, 6.45) is 6.08. The van der Waals surface area contributed by atoms with E-state index in [2.05, 4.69) is 31.6 Å². The molecule has 1 aliphatic rings. The van der Waals surface area contributed by atoms with E-state index in [1.165, 1.54) is 81.8 Å². The molecule has 91 heavy (non-hydrogen) atoms. The van der Waals surface area contributed by atoms with Crippen molar-refractivity contribution >= 4 is 92.5 Å². The Morgan fingerprint density at radius 2 is 1.24 bits per heavy atom. The maximum atomic E-state index is 15.1. The van der Waals surface area contributed by atoms with E-state index in [9.17, 15) is 53.1 Å². The monoisotopic (exact) mass is 1320 g/mol. The highest BCUT2D eigenvalue weighted by molar-refractivity contribution is 8.76. The van der Waals surface area contributed by atoms with E-state index in [0.717, 1.165) is 30.4 Å². The number of amides is 12. The molecule has 0 bridgehead atoms. The van der Waals surface area contributed by atoms with Crippen LogP contribution in [0.2, 0.25) is 0 Å². The van der Waals surface area contributed by atoms with Crippen molar-refractivity contribution in [1.82, 2.24) is 65.9 Å². The van der Waals surface area contributed by atoms with Crippen LogP contribution < -0.4 is 26.6 Å². The summed E-state index contributed by atoms with van der Waals surface area (Å²) in [5.74, 6) is -8.85. The number of aliphatic hydroxyl groups is 1. The Labute approximate surface area is 547 Å². The quantitative estimate of drug-likeness (QED) is 0.0584. The first-order chi connectivity index (χ1) is 42.7. The number of aromatic nitrogens is 1. The maximum Gasteiger partial charge on any atom is 0.246 e. The van der Waals surface area contributed by atoms with Gasteiger partial charge in [-0.3, -0.25) is 57.5 Å². The van der Waals surface area contributed by atoms with E-state index in [0.29, 0.717) is 32.1 Å². The molecule has 1 saturated heterocycles. The Hall–Kier alpha value is -6.81. The lowest BCUT2D eigenvalue weighted by atomic mass is 9.91. The van der Waals surface area contributed by atoms with Gasteiger partial charge in [0.15, 0.2) is 0 Å². The van der Waals surface area contributed by atoms with Gasteiger partial charge in [-0.1, -0.05) is 84.4 Å². The SMILES string of the molecule is CC=CC[C@@H](C)[C@@H](O)[C@H]1C(=O)N[C@@H](CC)C(=O)N(C)CC(=O)N(C)CC(=O)N[C@@H](CCCCNC(=O)CCCSSc2ccccn2)C(=O)N(C)CC(=O)NCC(=O)N[C@H](C)C(=O)N(C)[C@@H](CC(C)C)C(=O)N(C)[C@@H](CC(C)C)C(=O)N(C)[C@@H](C(C)C)C(=O)N1C. The summed E-state index contributed by atoms with van der Waals surface area (Å²) in [5.41, 5.74) is 0. The average Bonchev–Trinajstić information content (AvgIpc) is 1.90.